The first-order valence-corrected chi connectivity index (χ1v) is 7.66. The summed E-state index contributed by atoms with van der Waals surface area (Å²) in [5, 5.41) is 1.24. The van der Waals surface area contributed by atoms with Crippen LogP contribution in [0.25, 0.3) is 10.9 Å². The van der Waals surface area contributed by atoms with Crippen molar-refractivity contribution in [3.63, 3.8) is 0 Å². The SMILES string of the molecule is CC[C@H](CC(=O)c1nccn1C)c1cn(C)c2ccccc12. The number of rotatable bonds is 5. The van der Waals surface area contributed by atoms with Crippen molar-refractivity contribution in [2.75, 3.05) is 0 Å². The number of imidazole rings is 1. The lowest BCUT2D eigenvalue weighted by Gasteiger charge is -2.13. The van der Waals surface area contributed by atoms with E-state index in [0.29, 0.717) is 12.2 Å². The molecule has 114 valence electrons. The minimum absolute atomic E-state index is 0.104. The Bertz CT molecular complexity index is 813. The molecule has 0 bridgehead atoms. The third kappa shape index (κ3) is 2.45. The number of Topliss-reactive ketones (excluding diaryl/α,β-unsaturated/α-hetero) is 1. The largest absolute Gasteiger partial charge is 0.350 e. The number of carbonyl (C=O) groups excluding carboxylic acids is 1. The van der Waals surface area contributed by atoms with E-state index in [1.807, 2.05) is 19.3 Å². The van der Waals surface area contributed by atoms with E-state index >= 15 is 0 Å². The van der Waals surface area contributed by atoms with Gasteiger partial charge in [-0.25, -0.2) is 4.98 Å². The zero-order valence-corrected chi connectivity index (χ0v) is 13.3. The molecule has 0 aliphatic carbocycles. The average Bonchev–Trinajstić information content (AvgIpc) is 3.09. The lowest BCUT2D eigenvalue weighted by atomic mass is 9.91. The van der Waals surface area contributed by atoms with Gasteiger partial charge >= 0.3 is 0 Å². The lowest BCUT2D eigenvalue weighted by Crippen LogP contribution is -2.11. The number of carbonyl (C=O) groups is 1. The van der Waals surface area contributed by atoms with E-state index in [1.165, 1.54) is 16.5 Å². The van der Waals surface area contributed by atoms with Crippen LogP contribution in [-0.2, 0) is 14.1 Å². The van der Waals surface area contributed by atoms with Crippen LogP contribution in [0.5, 0.6) is 0 Å². The van der Waals surface area contributed by atoms with Crippen molar-refractivity contribution in [3.05, 3.63) is 54.2 Å². The molecule has 1 aromatic carbocycles. The summed E-state index contributed by atoms with van der Waals surface area (Å²) in [6.45, 7) is 2.14. The third-order valence-electron chi connectivity index (χ3n) is 4.36. The molecule has 0 saturated heterocycles. The fourth-order valence-corrected chi connectivity index (χ4v) is 3.12. The molecule has 1 atom stereocenters. The smallest absolute Gasteiger partial charge is 0.198 e. The monoisotopic (exact) mass is 295 g/mol. The van der Waals surface area contributed by atoms with Crippen molar-refractivity contribution in [1.29, 1.82) is 0 Å². The van der Waals surface area contributed by atoms with Crippen LogP contribution in [-0.4, -0.2) is 19.9 Å². The summed E-state index contributed by atoms with van der Waals surface area (Å²) in [6.07, 6.45) is 7.07. The minimum atomic E-state index is 0.104. The predicted octanol–water partition coefficient (Wildman–Crippen LogP) is 3.68. The zero-order chi connectivity index (χ0) is 15.7. The van der Waals surface area contributed by atoms with E-state index in [4.69, 9.17) is 0 Å². The molecule has 4 heteroatoms. The summed E-state index contributed by atoms with van der Waals surface area (Å²) in [7, 11) is 3.91. The van der Waals surface area contributed by atoms with E-state index in [2.05, 4.69) is 47.9 Å². The fourth-order valence-electron chi connectivity index (χ4n) is 3.12. The number of nitrogens with zero attached hydrogens (tertiary/aromatic N) is 3. The van der Waals surface area contributed by atoms with Crippen molar-refractivity contribution >= 4 is 16.7 Å². The normalized spacial score (nSPS) is 12.7. The number of fused-ring (bicyclic) bond motifs is 1. The van der Waals surface area contributed by atoms with Gasteiger partial charge in [-0.1, -0.05) is 25.1 Å². The number of benzene rings is 1. The van der Waals surface area contributed by atoms with Gasteiger partial charge in [-0.2, -0.15) is 0 Å². The van der Waals surface area contributed by atoms with Crippen LogP contribution >= 0.6 is 0 Å². The Balaban J connectivity index is 1.94. The van der Waals surface area contributed by atoms with Crippen LogP contribution in [0.15, 0.2) is 42.9 Å². The van der Waals surface area contributed by atoms with Gasteiger partial charge in [0, 0.05) is 50.0 Å². The molecule has 0 spiro atoms. The number of aryl methyl sites for hydroxylation is 2. The zero-order valence-electron chi connectivity index (χ0n) is 13.3. The summed E-state index contributed by atoms with van der Waals surface area (Å²) in [5.74, 6) is 0.862. The number of hydrogen-bond acceptors (Lipinski definition) is 2. The van der Waals surface area contributed by atoms with Crippen LogP contribution < -0.4 is 0 Å². The van der Waals surface area contributed by atoms with Crippen molar-refractivity contribution in [1.82, 2.24) is 14.1 Å². The van der Waals surface area contributed by atoms with E-state index in [0.717, 1.165) is 6.42 Å². The second-order valence-electron chi connectivity index (χ2n) is 5.81. The van der Waals surface area contributed by atoms with Gasteiger partial charge in [0.25, 0.3) is 0 Å². The second-order valence-corrected chi connectivity index (χ2v) is 5.81. The fraction of sp³-hybridized carbons (Fsp3) is 0.333. The van der Waals surface area contributed by atoms with Crippen LogP contribution in [0.4, 0.5) is 0 Å². The molecular formula is C18H21N3O. The average molecular weight is 295 g/mol. The summed E-state index contributed by atoms with van der Waals surface area (Å²) < 4.78 is 3.93. The van der Waals surface area contributed by atoms with Gasteiger partial charge in [-0.15, -0.1) is 0 Å². The van der Waals surface area contributed by atoms with E-state index < -0.39 is 0 Å². The minimum Gasteiger partial charge on any atom is -0.350 e. The molecule has 3 rings (SSSR count). The van der Waals surface area contributed by atoms with Gasteiger partial charge in [0.15, 0.2) is 11.6 Å². The first kappa shape index (κ1) is 14.6. The lowest BCUT2D eigenvalue weighted by molar-refractivity contribution is 0.0960. The van der Waals surface area contributed by atoms with Gasteiger partial charge in [-0.05, 0) is 24.0 Å². The Labute approximate surface area is 130 Å². The van der Waals surface area contributed by atoms with E-state index in [1.54, 1.807) is 10.8 Å². The van der Waals surface area contributed by atoms with Crippen molar-refractivity contribution in [2.45, 2.75) is 25.7 Å². The molecule has 0 radical (unpaired) electrons. The van der Waals surface area contributed by atoms with Gasteiger partial charge in [-0.3, -0.25) is 4.79 Å². The van der Waals surface area contributed by atoms with E-state index in [9.17, 15) is 4.79 Å². The Morgan fingerprint density at radius 3 is 2.68 bits per heavy atom. The molecule has 22 heavy (non-hydrogen) atoms. The molecule has 0 fully saturated rings. The number of ketones is 1. The summed E-state index contributed by atoms with van der Waals surface area (Å²) in [6, 6.07) is 8.36. The Morgan fingerprint density at radius 1 is 1.23 bits per heavy atom. The van der Waals surface area contributed by atoms with Crippen LogP contribution in [0.2, 0.25) is 0 Å². The quantitative estimate of drug-likeness (QED) is 0.674. The molecule has 0 N–H and O–H groups in total. The molecule has 0 aliphatic rings. The van der Waals surface area contributed by atoms with Gasteiger partial charge in [0.2, 0.25) is 0 Å². The molecule has 4 nitrogen and oxygen atoms in total. The Morgan fingerprint density at radius 2 is 2.00 bits per heavy atom. The molecule has 0 saturated carbocycles. The maximum atomic E-state index is 12.5. The summed E-state index contributed by atoms with van der Waals surface area (Å²) >= 11 is 0. The second kappa shape index (κ2) is 5.79. The van der Waals surface area contributed by atoms with Crippen molar-refractivity contribution < 1.29 is 4.79 Å². The molecule has 3 aromatic rings. The maximum absolute atomic E-state index is 12.5. The van der Waals surface area contributed by atoms with Crippen LogP contribution in [0, 0.1) is 0 Å². The number of para-hydroxylation sites is 1. The standard InChI is InChI=1S/C18H21N3O/c1-4-13(11-17(22)18-19-9-10-20(18)2)15-12-21(3)16-8-6-5-7-14(15)16/h5-10,12-13H,4,11H2,1-3H3/t13-/m1/s1. The maximum Gasteiger partial charge on any atom is 0.198 e. The highest BCUT2D eigenvalue weighted by Gasteiger charge is 2.21. The summed E-state index contributed by atoms with van der Waals surface area (Å²) in [5.41, 5.74) is 2.46. The predicted molar refractivity (Wildman–Crippen MR) is 88.1 cm³/mol. The topological polar surface area (TPSA) is 39.8 Å². The van der Waals surface area contributed by atoms with Crippen molar-refractivity contribution in [2.24, 2.45) is 14.1 Å². The van der Waals surface area contributed by atoms with E-state index in [-0.39, 0.29) is 11.7 Å². The Kier molecular flexibility index (Phi) is 3.84. The molecule has 2 aromatic heterocycles. The van der Waals surface area contributed by atoms with Crippen LogP contribution in [0.3, 0.4) is 0 Å². The highest BCUT2D eigenvalue weighted by Crippen LogP contribution is 2.32. The molecule has 0 aliphatic heterocycles. The molecular weight excluding hydrogens is 274 g/mol. The Hall–Kier alpha value is -2.36. The number of aromatic nitrogens is 3. The molecule has 0 unspecified atom stereocenters. The molecule has 0 amide bonds. The highest BCUT2D eigenvalue weighted by atomic mass is 16.1. The van der Waals surface area contributed by atoms with Crippen molar-refractivity contribution in [3.8, 4) is 0 Å². The first-order valence-electron chi connectivity index (χ1n) is 7.66. The van der Waals surface area contributed by atoms with Gasteiger partial charge in [0.05, 0.1) is 0 Å². The first-order chi connectivity index (χ1) is 10.6. The number of hydrogen-bond donors (Lipinski definition) is 0. The van der Waals surface area contributed by atoms with Gasteiger partial charge < -0.3 is 9.13 Å². The highest BCUT2D eigenvalue weighted by molar-refractivity contribution is 5.94. The molecule has 2 heterocycles. The third-order valence-corrected chi connectivity index (χ3v) is 4.36. The van der Waals surface area contributed by atoms with Gasteiger partial charge in [0.1, 0.15) is 0 Å². The van der Waals surface area contributed by atoms with Crippen LogP contribution in [0.1, 0.15) is 41.9 Å². The summed E-state index contributed by atoms with van der Waals surface area (Å²) in [4.78, 5) is 16.7.